The summed E-state index contributed by atoms with van der Waals surface area (Å²) in [7, 11) is 1.96. The molecule has 158 valence electrons. The smallest absolute Gasteiger partial charge is 0.225 e. The predicted molar refractivity (Wildman–Crippen MR) is 117 cm³/mol. The van der Waals surface area contributed by atoms with Gasteiger partial charge in [-0.25, -0.2) is 15.0 Å². The number of hydrogen-bond acceptors (Lipinski definition) is 7. The number of hydrogen-bond donors (Lipinski definition) is 1. The van der Waals surface area contributed by atoms with E-state index in [1.165, 1.54) is 12.8 Å². The van der Waals surface area contributed by atoms with E-state index in [-0.39, 0.29) is 5.28 Å². The monoisotopic (exact) mass is 427 g/mol. The van der Waals surface area contributed by atoms with Crippen LogP contribution in [-0.4, -0.2) is 67.8 Å². The SMILES string of the molecule is Cn1cncc1-c1ccc2nc(Cl)nc(NC3CCC(N4CCOCC4)CC3)c2n1. The third-order valence-corrected chi connectivity index (χ3v) is 6.36. The number of rotatable bonds is 4. The molecule has 4 heterocycles. The molecule has 1 saturated heterocycles. The van der Waals surface area contributed by atoms with Crippen LogP contribution in [0.1, 0.15) is 25.7 Å². The van der Waals surface area contributed by atoms with Gasteiger partial charge in [0.15, 0.2) is 5.82 Å². The van der Waals surface area contributed by atoms with E-state index in [2.05, 4.69) is 25.2 Å². The van der Waals surface area contributed by atoms with E-state index in [1.807, 2.05) is 29.9 Å². The topological polar surface area (TPSA) is 81.0 Å². The summed E-state index contributed by atoms with van der Waals surface area (Å²) < 4.78 is 7.44. The molecule has 2 aliphatic rings. The Labute approximate surface area is 180 Å². The van der Waals surface area contributed by atoms with E-state index in [0.29, 0.717) is 17.9 Å². The second-order valence-electron chi connectivity index (χ2n) is 8.09. The minimum Gasteiger partial charge on any atom is -0.379 e. The first-order valence-corrected chi connectivity index (χ1v) is 10.9. The van der Waals surface area contributed by atoms with E-state index in [4.69, 9.17) is 21.3 Å². The average molecular weight is 428 g/mol. The van der Waals surface area contributed by atoms with Gasteiger partial charge in [-0.05, 0) is 49.4 Å². The van der Waals surface area contributed by atoms with Gasteiger partial charge in [-0.3, -0.25) is 4.90 Å². The molecule has 1 aliphatic heterocycles. The molecule has 1 saturated carbocycles. The number of anilines is 1. The van der Waals surface area contributed by atoms with Gasteiger partial charge in [0.1, 0.15) is 5.52 Å². The number of morpholine rings is 1. The third kappa shape index (κ3) is 3.99. The van der Waals surface area contributed by atoms with Crippen LogP contribution in [0.15, 0.2) is 24.7 Å². The van der Waals surface area contributed by atoms with Crippen molar-refractivity contribution >= 4 is 28.5 Å². The number of halogens is 1. The summed E-state index contributed by atoms with van der Waals surface area (Å²) in [4.78, 5) is 20.5. The van der Waals surface area contributed by atoms with Crippen molar-refractivity contribution in [1.29, 1.82) is 0 Å². The maximum atomic E-state index is 6.21. The van der Waals surface area contributed by atoms with Crippen molar-refractivity contribution in [2.45, 2.75) is 37.8 Å². The number of aromatic nitrogens is 5. The Morgan fingerprint density at radius 1 is 1.07 bits per heavy atom. The average Bonchev–Trinajstić information content (AvgIpc) is 3.20. The second kappa shape index (κ2) is 8.45. The molecule has 0 amide bonds. The number of aryl methyl sites for hydroxylation is 1. The van der Waals surface area contributed by atoms with Crippen molar-refractivity contribution < 1.29 is 4.74 Å². The van der Waals surface area contributed by atoms with Crippen molar-refractivity contribution in [2.24, 2.45) is 7.05 Å². The Hall–Kier alpha value is -2.29. The van der Waals surface area contributed by atoms with Crippen LogP contribution in [0, 0.1) is 0 Å². The van der Waals surface area contributed by atoms with Gasteiger partial charge in [0.25, 0.3) is 0 Å². The van der Waals surface area contributed by atoms with E-state index in [1.54, 1.807) is 6.33 Å². The van der Waals surface area contributed by atoms with Gasteiger partial charge in [0.05, 0.1) is 42.6 Å². The maximum absolute atomic E-state index is 6.21. The fraction of sp³-hybridized carbons (Fsp3) is 0.524. The Kier molecular flexibility index (Phi) is 5.54. The zero-order valence-corrected chi connectivity index (χ0v) is 17.8. The third-order valence-electron chi connectivity index (χ3n) is 6.19. The highest BCUT2D eigenvalue weighted by Gasteiger charge is 2.27. The van der Waals surface area contributed by atoms with Gasteiger partial charge in [-0.2, -0.15) is 4.98 Å². The normalized spacial score (nSPS) is 23.0. The molecule has 1 aliphatic carbocycles. The van der Waals surface area contributed by atoms with Crippen LogP contribution >= 0.6 is 11.6 Å². The lowest BCUT2D eigenvalue weighted by Gasteiger charge is -2.39. The molecule has 3 aromatic heterocycles. The lowest BCUT2D eigenvalue weighted by molar-refractivity contribution is 0.00791. The van der Waals surface area contributed by atoms with Crippen LogP contribution in [0.2, 0.25) is 5.28 Å². The summed E-state index contributed by atoms with van der Waals surface area (Å²) in [5.74, 6) is 0.712. The first-order chi connectivity index (χ1) is 14.7. The fourth-order valence-electron chi connectivity index (χ4n) is 4.55. The molecule has 0 radical (unpaired) electrons. The largest absolute Gasteiger partial charge is 0.379 e. The van der Waals surface area contributed by atoms with Crippen LogP contribution in [0.4, 0.5) is 5.82 Å². The summed E-state index contributed by atoms with van der Waals surface area (Å²) in [6.45, 7) is 3.81. The van der Waals surface area contributed by atoms with Crippen molar-refractivity contribution in [3.05, 3.63) is 29.9 Å². The Balaban J connectivity index is 1.35. The maximum Gasteiger partial charge on any atom is 0.225 e. The van der Waals surface area contributed by atoms with Crippen molar-refractivity contribution in [2.75, 3.05) is 31.6 Å². The highest BCUT2D eigenvalue weighted by atomic mass is 35.5. The molecule has 0 bridgehead atoms. The number of imidazole rings is 1. The first-order valence-electron chi connectivity index (χ1n) is 10.6. The molecule has 3 aromatic rings. The highest BCUT2D eigenvalue weighted by Crippen LogP contribution is 2.29. The summed E-state index contributed by atoms with van der Waals surface area (Å²) >= 11 is 6.21. The predicted octanol–water partition coefficient (Wildman–Crippen LogP) is 3.13. The lowest BCUT2D eigenvalue weighted by Crippen LogP contribution is -2.46. The summed E-state index contributed by atoms with van der Waals surface area (Å²) in [5, 5.41) is 3.85. The first kappa shape index (κ1) is 19.7. The van der Waals surface area contributed by atoms with Crippen LogP contribution in [-0.2, 0) is 11.8 Å². The second-order valence-corrected chi connectivity index (χ2v) is 8.43. The quantitative estimate of drug-likeness (QED) is 0.640. The van der Waals surface area contributed by atoms with Crippen LogP contribution in [0.25, 0.3) is 22.4 Å². The molecule has 0 aromatic carbocycles. The fourth-order valence-corrected chi connectivity index (χ4v) is 4.73. The zero-order valence-electron chi connectivity index (χ0n) is 17.1. The van der Waals surface area contributed by atoms with Crippen LogP contribution in [0.3, 0.4) is 0 Å². The number of fused-ring (bicyclic) bond motifs is 1. The van der Waals surface area contributed by atoms with E-state index >= 15 is 0 Å². The summed E-state index contributed by atoms with van der Waals surface area (Å²) in [6.07, 6.45) is 8.15. The molecular formula is C21H26ClN7O. The molecule has 2 fully saturated rings. The highest BCUT2D eigenvalue weighted by molar-refractivity contribution is 6.28. The van der Waals surface area contributed by atoms with Gasteiger partial charge < -0.3 is 14.6 Å². The van der Waals surface area contributed by atoms with Crippen molar-refractivity contribution in [1.82, 2.24) is 29.4 Å². The number of nitrogens with one attached hydrogen (secondary N) is 1. The van der Waals surface area contributed by atoms with Crippen molar-refractivity contribution in [3.63, 3.8) is 0 Å². The Morgan fingerprint density at radius 2 is 1.87 bits per heavy atom. The minimum atomic E-state index is 0.238. The molecule has 0 unspecified atom stereocenters. The molecule has 0 atom stereocenters. The van der Waals surface area contributed by atoms with Gasteiger partial charge in [0.2, 0.25) is 5.28 Å². The van der Waals surface area contributed by atoms with Crippen molar-refractivity contribution in [3.8, 4) is 11.4 Å². The Bertz CT molecular complexity index is 1030. The van der Waals surface area contributed by atoms with Gasteiger partial charge in [0, 0.05) is 32.2 Å². The number of pyridine rings is 1. The molecule has 9 heteroatoms. The van der Waals surface area contributed by atoms with E-state index < -0.39 is 0 Å². The molecule has 1 N–H and O–H groups in total. The Morgan fingerprint density at radius 3 is 2.60 bits per heavy atom. The zero-order chi connectivity index (χ0) is 20.5. The summed E-state index contributed by atoms with van der Waals surface area (Å²) in [5.41, 5.74) is 3.27. The summed E-state index contributed by atoms with van der Waals surface area (Å²) in [6, 6.07) is 4.91. The molecular weight excluding hydrogens is 402 g/mol. The molecule has 30 heavy (non-hydrogen) atoms. The van der Waals surface area contributed by atoms with Crippen LogP contribution in [0.5, 0.6) is 0 Å². The van der Waals surface area contributed by atoms with Crippen LogP contribution < -0.4 is 5.32 Å². The van der Waals surface area contributed by atoms with E-state index in [9.17, 15) is 0 Å². The van der Waals surface area contributed by atoms with Gasteiger partial charge >= 0.3 is 0 Å². The lowest BCUT2D eigenvalue weighted by atomic mass is 9.90. The molecule has 5 rings (SSSR count). The molecule has 0 spiro atoms. The number of nitrogens with zero attached hydrogens (tertiary/aromatic N) is 6. The molecule has 8 nitrogen and oxygen atoms in total. The van der Waals surface area contributed by atoms with Gasteiger partial charge in [-0.15, -0.1) is 0 Å². The van der Waals surface area contributed by atoms with E-state index in [0.717, 1.165) is 61.6 Å². The minimum absolute atomic E-state index is 0.238. The van der Waals surface area contributed by atoms with Gasteiger partial charge in [-0.1, -0.05) is 0 Å². The standard InChI is InChI=1S/C21H26ClN7O/c1-28-13-23-12-18(28)16-6-7-17-19(25-16)20(27-21(22)26-17)24-14-2-4-15(5-3-14)29-8-10-30-11-9-29/h6-7,12-15H,2-5,8-11H2,1H3,(H,24,26,27). The number of ether oxygens (including phenoxy) is 1.